The summed E-state index contributed by atoms with van der Waals surface area (Å²) in [5.74, 6) is 0. The van der Waals surface area contributed by atoms with Crippen LogP contribution in [0.4, 0.5) is 5.69 Å². The Hall–Kier alpha value is -1.42. The molecule has 0 aliphatic heterocycles. The molecule has 1 aromatic heterocycles. The van der Waals surface area contributed by atoms with Gasteiger partial charge in [-0.3, -0.25) is 4.68 Å². The molecule has 3 nitrogen and oxygen atoms in total. The van der Waals surface area contributed by atoms with E-state index in [0.29, 0.717) is 6.04 Å². The van der Waals surface area contributed by atoms with Crippen molar-refractivity contribution in [2.75, 3.05) is 11.6 Å². The number of hydrogen-bond acceptors (Lipinski definition) is 3. The first-order valence-electron chi connectivity index (χ1n) is 6.11. The predicted molar refractivity (Wildman–Crippen MR) is 78.2 cm³/mol. The number of thioether (sulfide) groups is 1. The summed E-state index contributed by atoms with van der Waals surface area (Å²) in [7, 11) is 0. The molecular formula is C14H19N3S. The highest BCUT2D eigenvalue weighted by Gasteiger charge is 2.01. The summed E-state index contributed by atoms with van der Waals surface area (Å²) >= 11 is 1.76. The molecule has 0 amide bonds. The molecule has 18 heavy (non-hydrogen) atoms. The quantitative estimate of drug-likeness (QED) is 0.830. The van der Waals surface area contributed by atoms with Crippen LogP contribution in [0.1, 0.15) is 25.6 Å². The Morgan fingerprint density at radius 2 is 1.94 bits per heavy atom. The number of aromatic nitrogens is 2. The van der Waals surface area contributed by atoms with Gasteiger partial charge in [-0.1, -0.05) is 0 Å². The highest BCUT2D eigenvalue weighted by Crippen LogP contribution is 2.17. The Labute approximate surface area is 113 Å². The Balaban J connectivity index is 1.93. The fourth-order valence-electron chi connectivity index (χ4n) is 1.66. The van der Waals surface area contributed by atoms with Crippen LogP contribution < -0.4 is 5.32 Å². The minimum absolute atomic E-state index is 0.416. The second-order valence-corrected chi connectivity index (χ2v) is 5.34. The van der Waals surface area contributed by atoms with Gasteiger partial charge in [-0.05, 0) is 50.4 Å². The molecule has 0 radical (unpaired) electrons. The van der Waals surface area contributed by atoms with E-state index in [0.717, 1.165) is 17.9 Å². The topological polar surface area (TPSA) is 29.9 Å². The molecule has 96 valence electrons. The van der Waals surface area contributed by atoms with Gasteiger partial charge in [0.1, 0.15) is 0 Å². The van der Waals surface area contributed by atoms with Crippen LogP contribution in [0.25, 0.3) is 0 Å². The third-order valence-corrected chi connectivity index (χ3v) is 3.50. The average Bonchev–Trinajstić information content (AvgIpc) is 2.86. The van der Waals surface area contributed by atoms with Crippen molar-refractivity contribution in [3.63, 3.8) is 0 Å². The van der Waals surface area contributed by atoms with Gasteiger partial charge >= 0.3 is 0 Å². The number of nitrogens with one attached hydrogen (secondary N) is 1. The van der Waals surface area contributed by atoms with Crippen molar-refractivity contribution in [1.82, 2.24) is 9.78 Å². The third kappa shape index (κ3) is 3.29. The SMILES string of the molecule is CSc1ccc(NCc2ccn(C(C)C)n2)cc1. The van der Waals surface area contributed by atoms with Gasteiger partial charge in [-0.15, -0.1) is 11.8 Å². The van der Waals surface area contributed by atoms with Crippen LogP contribution in [0.15, 0.2) is 41.4 Å². The van der Waals surface area contributed by atoms with E-state index < -0.39 is 0 Å². The number of nitrogens with zero attached hydrogens (tertiary/aromatic N) is 2. The predicted octanol–water partition coefficient (Wildman–Crippen LogP) is 3.80. The summed E-state index contributed by atoms with van der Waals surface area (Å²) in [5, 5.41) is 7.89. The Morgan fingerprint density at radius 3 is 2.50 bits per heavy atom. The lowest BCUT2D eigenvalue weighted by Gasteiger charge is -2.06. The van der Waals surface area contributed by atoms with Crippen molar-refractivity contribution in [2.24, 2.45) is 0 Å². The van der Waals surface area contributed by atoms with Gasteiger partial charge in [0.25, 0.3) is 0 Å². The molecule has 0 saturated heterocycles. The Kier molecular flexibility index (Phi) is 4.31. The lowest BCUT2D eigenvalue weighted by atomic mass is 10.3. The van der Waals surface area contributed by atoms with Gasteiger partial charge in [-0.2, -0.15) is 5.10 Å². The van der Waals surface area contributed by atoms with E-state index in [1.54, 1.807) is 11.8 Å². The monoisotopic (exact) mass is 261 g/mol. The van der Waals surface area contributed by atoms with Gasteiger partial charge in [-0.25, -0.2) is 0 Å². The molecule has 1 aromatic carbocycles. The zero-order valence-electron chi connectivity index (χ0n) is 11.1. The molecule has 1 N–H and O–H groups in total. The smallest absolute Gasteiger partial charge is 0.0815 e. The molecule has 0 spiro atoms. The Bertz CT molecular complexity index is 488. The van der Waals surface area contributed by atoms with E-state index in [2.05, 4.69) is 60.9 Å². The van der Waals surface area contributed by atoms with E-state index >= 15 is 0 Å². The fraction of sp³-hybridized carbons (Fsp3) is 0.357. The van der Waals surface area contributed by atoms with E-state index in [4.69, 9.17) is 0 Å². The van der Waals surface area contributed by atoms with Gasteiger partial charge in [0.05, 0.1) is 12.2 Å². The van der Waals surface area contributed by atoms with Crippen molar-refractivity contribution in [1.29, 1.82) is 0 Å². The van der Waals surface area contributed by atoms with Crippen molar-refractivity contribution >= 4 is 17.4 Å². The standard InChI is InChI=1S/C14H19N3S/c1-11(2)17-9-8-13(16-17)10-15-12-4-6-14(18-3)7-5-12/h4-9,11,15H,10H2,1-3H3. The maximum absolute atomic E-state index is 4.51. The van der Waals surface area contributed by atoms with Crippen LogP contribution in [-0.4, -0.2) is 16.0 Å². The van der Waals surface area contributed by atoms with Crippen LogP contribution in [0.2, 0.25) is 0 Å². The van der Waals surface area contributed by atoms with Crippen molar-refractivity contribution in [3.8, 4) is 0 Å². The molecule has 0 atom stereocenters. The molecule has 2 rings (SSSR count). The highest BCUT2D eigenvalue weighted by molar-refractivity contribution is 7.98. The zero-order chi connectivity index (χ0) is 13.0. The van der Waals surface area contributed by atoms with E-state index in [9.17, 15) is 0 Å². The largest absolute Gasteiger partial charge is 0.379 e. The van der Waals surface area contributed by atoms with Gasteiger partial charge < -0.3 is 5.32 Å². The minimum atomic E-state index is 0.416. The van der Waals surface area contributed by atoms with Crippen molar-refractivity contribution in [3.05, 3.63) is 42.2 Å². The van der Waals surface area contributed by atoms with Crippen molar-refractivity contribution < 1.29 is 0 Å². The van der Waals surface area contributed by atoms with Gasteiger partial charge in [0, 0.05) is 22.8 Å². The first kappa shape index (κ1) is 13.0. The molecule has 1 heterocycles. The van der Waals surface area contributed by atoms with Crippen LogP contribution in [0, 0.1) is 0 Å². The minimum Gasteiger partial charge on any atom is -0.379 e. The van der Waals surface area contributed by atoms with Crippen LogP contribution >= 0.6 is 11.8 Å². The van der Waals surface area contributed by atoms with Crippen LogP contribution in [0.5, 0.6) is 0 Å². The number of hydrogen-bond donors (Lipinski definition) is 1. The Morgan fingerprint density at radius 1 is 1.22 bits per heavy atom. The molecule has 2 aromatic rings. The van der Waals surface area contributed by atoms with E-state index in [-0.39, 0.29) is 0 Å². The van der Waals surface area contributed by atoms with E-state index in [1.807, 2.05) is 10.9 Å². The molecule has 0 saturated carbocycles. The molecule has 4 heteroatoms. The molecule has 0 fully saturated rings. The normalized spacial score (nSPS) is 10.9. The maximum Gasteiger partial charge on any atom is 0.0815 e. The summed E-state index contributed by atoms with van der Waals surface area (Å²) in [5.41, 5.74) is 2.20. The summed E-state index contributed by atoms with van der Waals surface area (Å²) in [6.45, 7) is 5.02. The zero-order valence-corrected chi connectivity index (χ0v) is 11.9. The molecule has 0 aliphatic carbocycles. The van der Waals surface area contributed by atoms with Crippen LogP contribution in [-0.2, 0) is 6.54 Å². The molecule has 0 bridgehead atoms. The summed E-state index contributed by atoms with van der Waals surface area (Å²) in [6, 6.07) is 10.9. The summed E-state index contributed by atoms with van der Waals surface area (Å²) in [6.07, 6.45) is 4.11. The van der Waals surface area contributed by atoms with Gasteiger partial charge in [0.15, 0.2) is 0 Å². The van der Waals surface area contributed by atoms with E-state index in [1.165, 1.54) is 4.90 Å². The lowest BCUT2D eigenvalue weighted by Crippen LogP contribution is -2.04. The second kappa shape index (κ2) is 5.96. The summed E-state index contributed by atoms with van der Waals surface area (Å²) < 4.78 is 1.98. The first-order valence-corrected chi connectivity index (χ1v) is 7.33. The molecule has 0 unspecified atom stereocenters. The molecular weight excluding hydrogens is 242 g/mol. The third-order valence-electron chi connectivity index (χ3n) is 2.76. The average molecular weight is 261 g/mol. The number of anilines is 1. The van der Waals surface area contributed by atoms with Gasteiger partial charge in [0.2, 0.25) is 0 Å². The van der Waals surface area contributed by atoms with Crippen molar-refractivity contribution in [2.45, 2.75) is 31.3 Å². The maximum atomic E-state index is 4.51. The molecule has 0 aliphatic rings. The first-order chi connectivity index (χ1) is 8.69. The lowest BCUT2D eigenvalue weighted by molar-refractivity contribution is 0.527. The fourth-order valence-corrected chi connectivity index (χ4v) is 2.07. The van der Waals surface area contributed by atoms with Crippen LogP contribution in [0.3, 0.4) is 0 Å². The number of rotatable bonds is 5. The second-order valence-electron chi connectivity index (χ2n) is 4.46. The number of benzene rings is 1. The highest BCUT2D eigenvalue weighted by atomic mass is 32.2. The summed E-state index contributed by atoms with van der Waals surface area (Å²) in [4.78, 5) is 1.28.